The minimum Gasteiger partial charge on any atom is -0.478 e. The molecular weight excluding hydrogens is 484 g/mol. The number of rotatable bonds is 3. The maximum absolute atomic E-state index is 12.7. The number of benzene rings is 1. The number of aromatic amines is 1. The van der Waals surface area contributed by atoms with Crippen molar-refractivity contribution in [1.29, 1.82) is 0 Å². The van der Waals surface area contributed by atoms with Crippen molar-refractivity contribution in [1.82, 2.24) is 15.3 Å². The summed E-state index contributed by atoms with van der Waals surface area (Å²) in [6.45, 7) is 1.68. The fourth-order valence-electron chi connectivity index (χ4n) is 4.17. The molecule has 0 bridgehead atoms. The zero-order chi connectivity index (χ0) is 21.5. The van der Waals surface area contributed by atoms with E-state index in [1.165, 1.54) is 0 Å². The van der Waals surface area contributed by atoms with Gasteiger partial charge in [-0.3, -0.25) is 9.59 Å². The van der Waals surface area contributed by atoms with E-state index in [1.54, 1.807) is 18.2 Å². The lowest BCUT2D eigenvalue weighted by molar-refractivity contribution is -0.120. The first-order chi connectivity index (χ1) is 15.0. The quantitative estimate of drug-likeness (QED) is 0.593. The summed E-state index contributed by atoms with van der Waals surface area (Å²) < 4.78 is 6.71. The molecule has 2 unspecified atom stereocenters. The standard InChI is InChI=1S/C22H20BrClN4O3/c23-12-1-4-17-15(9-12)18-19(31-17)22(30)28-20(27-18)14-10-13(2-3-16(14)24)26-21(29)11-5-7-25-8-6-11/h1-4,9-11,15,17,25H,5-8H2,(H,26,29)(H,27,28,30). The van der Waals surface area contributed by atoms with Crippen LogP contribution in [0.5, 0.6) is 5.75 Å². The van der Waals surface area contributed by atoms with Crippen molar-refractivity contribution in [3.05, 3.63) is 62.0 Å². The molecule has 1 amide bonds. The van der Waals surface area contributed by atoms with Gasteiger partial charge in [0.2, 0.25) is 11.7 Å². The molecule has 1 saturated heterocycles. The summed E-state index contributed by atoms with van der Waals surface area (Å²) in [4.78, 5) is 32.8. The lowest BCUT2D eigenvalue weighted by atomic mass is 9.96. The summed E-state index contributed by atoms with van der Waals surface area (Å²) >= 11 is 9.91. The highest BCUT2D eigenvalue weighted by molar-refractivity contribution is 9.11. The Balaban J connectivity index is 1.47. The van der Waals surface area contributed by atoms with Gasteiger partial charge >= 0.3 is 0 Å². The fraction of sp³-hybridized carbons (Fsp3) is 0.318. The SMILES string of the molecule is O=C(Nc1ccc(Cl)c(-c2nc3c(c(=O)[nH]2)OC2C=CC(Br)=CC32)c1)C1CCNCC1. The molecule has 3 N–H and O–H groups in total. The predicted octanol–water partition coefficient (Wildman–Crippen LogP) is 3.72. The predicted molar refractivity (Wildman–Crippen MR) is 123 cm³/mol. The number of fused-ring (bicyclic) bond motifs is 3. The van der Waals surface area contributed by atoms with Crippen molar-refractivity contribution >= 4 is 39.1 Å². The molecule has 160 valence electrons. The van der Waals surface area contributed by atoms with Crippen LogP contribution >= 0.6 is 27.5 Å². The second-order valence-electron chi connectivity index (χ2n) is 7.86. The van der Waals surface area contributed by atoms with Crippen LogP contribution in [0, 0.1) is 5.92 Å². The van der Waals surface area contributed by atoms with Crippen LogP contribution in [-0.2, 0) is 4.79 Å². The van der Waals surface area contributed by atoms with Gasteiger partial charge in [-0.1, -0.05) is 33.6 Å². The van der Waals surface area contributed by atoms with Gasteiger partial charge in [-0.2, -0.15) is 0 Å². The van der Waals surface area contributed by atoms with Crippen LogP contribution in [0.1, 0.15) is 24.5 Å². The molecule has 5 rings (SSSR count). The fourth-order valence-corrected chi connectivity index (χ4v) is 4.82. The minimum absolute atomic E-state index is 0.00889. The third kappa shape index (κ3) is 3.95. The average Bonchev–Trinajstić information content (AvgIpc) is 3.14. The average molecular weight is 504 g/mol. The first kappa shape index (κ1) is 20.5. The Hall–Kier alpha value is -2.42. The van der Waals surface area contributed by atoms with E-state index in [0.29, 0.717) is 27.8 Å². The molecule has 7 nitrogen and oxygen atoms in total. The highest BCUT2D eigenvalue weighted by Crippen LogP contribution is 2.41. The Morgan fingerprint density at radius 1 is 1.29 bits per heavy atom. The molecule has 1 aromatic carbocycles. The van der Waals surface area contributed by atoms with Crippen LogP contribution in [0.3, 0.4) is 0 Å². The lowest BCUT2D eigenvalue weighted by Crippen LogP contribution is -2.34. The molecule has 2 aliphatic heterocycles. The van der Waals surface area contributed by atoms with Gasteiger partial charge in [0.15, 0.2) is 0 Å². The largest absolute Gasteiger partial charge is 0.478 e. The van der Waals surface area contributed by atoms with Crippen molar-refractivity contribution in [3.63, 3.8) is 0 Å². The number of aromatic nitrogens is 2. The van der Waals surface area contributed by atoms with Gasteiger partial charge < -0.3 is 20.4 Å². The maximum atomic E-state index is 12.7. The smallest absolute Gasteiger partial charge is 0.293 e. The Morgan fingerprint density at radius 3 is 2.90 bits per heavy atom. The Labute approximate surface area is 192 Å². The minimum atomic E-state index is -0.354. The molecule has 0 radical (unpaired) electrons. The highest BCUT2D eigenvalue weighted by Gasteiger charge is 2.37. The number of carbonyl (C=O) groups is 1. The number of hydrogen-bond donors (Lipinski definition) is 3. The van der Waals surface area contributed by atoms with Crippen LogP contribution in [0.4, 0.5) is 5.69 Å². The molecule has 3 heterocycles. The first-order valence-electron chi connectivity index (χ1n) is 10.2. The van der Waals surface area contributed by atoms with E-state index in [1.807, 2.05) is 18.2 Å². The zero-order valence-electron chi connectivity index (χ0n) is 16.5. The normalized spacial score (nSPS) is 22.3. The summed E-state index contributed by atoms with van der Waals surface area (Å²) in [6.07, 6.45) is 7.14. The number of H-pyrrole nitrogens is 1. The van der Waals surface area contributed by atoms with Gasteiger partial charge in [-0.25, -0.2) is 4.98 Å². The van der Waals surface area contributed by atoms with Gasteiger partial charge in [0.25, 0.3) is 5.56 Å². The lowest BCUT2D eigenvalue weighted by Gasteiger charge is -2.22. The van der Waals surface area contributed by atoms with Crippen molar-refractivity contribution in [3.8, 4) is 17.1 Å². The molecule has 31 heavy (non-hydrogen) atoms. The number of amides is 1. The summed E-state index contributed by atoms with van der Waals surface area (Å²) in [7, 11) is 0. The summed E-state index contributed by atoms with van der Waals surface area (Å²) in [5, 5.41) is 6.66. The van der Waals surface area contributed by atoms with Crippen LogP contribution in [0.25, 0.3) is 11.4 Å². The number of hydrogen-bond acceptors (Lipinski definition) is 5. The molecule has 2 atom stereocenters. The third-order valence-electron chi connectivity index (χ3n) is 5.81. The Morgan fingerprint density at radius 2 is 2.10 bits per heavy atom. The number of nitrogens with one attached hydrogen (secondary N) is 3. The van der Waals surface area contributed by atoms with E-state index >= 15 is 0 Å². The van der Waals surface area contributed by atoms with Crippen molar-refractivity contribution in [2.24, 2.45) is 5.92 Å². The second-order valence-corrected chi connectivity index (χ2v) is 9.18. The van der Waals surface area contributed by atoms with Gasteiger partial charge in [-0.15, -0.1) is 0 Å². The van der Waals surface area contributed by atoms with Crippen molar-refractivity contribution < 1.29 is 9.53 Å². The van der Waals surface area contributed by atoms with Crippen LogP contribution < -0.4 is 20.9 Å². The number of anilines is 1. The molecule has 3 aliphatic rings. The number of ether oxygens (including phenoxy) is 1. The van der Waals surface area contributed by atoms with Gasteiger partial charge in [-0.05, 0) is 56.3 Å². The second kappa shape index (κ2) is 8.26. The molecule has 1 aliphatic carbocycles. The van der Waals surface area contributed by atoms with E-state index in [2.05, 4.69) is 36.5 Å². The number of allylic oxidation sites excluding steroid dienone is 2. The van der Waals surface area contributed by atoms with E-state index in [-0.39, 0.29) is 35.2 Å². The molecule has 0 spiro atoms. The summed E-state index contributed by atoms with van der Waals surface area (Å²) in [5.74, 6) is 0.391. The van der Waals surface area contributed by atoms with E-state index < -0.39 is 0 Å². The van der Waals surface area contributed by atoms with Crippen LogP contribution in [0.15, 0.2) is 45.7 Å². The van der Waals surface area contributed by atoms with E-state index in [4.69, 9.17) is 16.3 Å². The molecule has 2 aromatic rings. The zero-order valence-corrected chi connectivity index (χ0v) is 18.8. The number of carbonyl (C=O) groups excluding carboxylic acids is 1. The van der Waals surface area contributed by atoms with Crippen molar-refractivity contribution in [2.45, 2.75) is 24.9 Å². The maximum Gasteiger partial charge on any atom is 0.293 e. The monoisotopic (exact) mass is 502 g/mol. The highest BCUT2D eigenvalue weighted by atomic mass is 79.9. The van der Waals surface area contributed by atoms with Crippen LogP contribution in [0.2, 0.25) is 5.02 Å². The molecule has 1 fully saturated rings. The Bertz CT molecular complexity index is 1170. The third-order valence-corrected chi connectivity index (χ3v) is 6.67. The topological polar surface area (TPSA) is 96.1 Å². The van der Waals surface area contributed by atoms with Crippen LogP contribution in [-0.4, -0.2) is 35.1 Å². The molecule has 0 saturated carbocycles. The first-order valence-corrected chi connectivity index (χ1v) is 11.3. The molecule has 1 aromatic heterocycles. The van der Waals surface area contributed by atoms with Gasteiger partial charge in [0.1, 0.15) is 17.6 Å². The number of piperidine rings is 1. The van der Waals surface area contributed by atoms with E-state index in [9.17, 15) is 9.59 Å². The summed E-state index contributed by atoms with van der Waals surface area (Å²) in [6, 6.07) is 5.19. The summed E-state index contributed by atoms with van der Waals surface area (Å²) in [5.41, 5.74) is 1.38. The van der Waals surface area contributed by atoms with Crippen molar-refractivity contribution in [2.75, 3.05) is 18.4 Å². The molecular formula is C22H20BrClN4O3. The van der Waals surface area contributed by atoms with Gasteiger partial charge in [0, 0.05) is 21.7 Å². The van der Waals surface area contributed by atoms with E-state index in [0.717, 1.165) is 30.4 Å². The number of nitrogens with zero attached hydrogens (tertiary/aromatic N) is 1. The molecule has 9 heteroatoms. The number of halogens is 2. The Kier molecular flexibility index (Phi) is 5.45. The van der Waals surface area contributed by atoms with Gasteiger partial charge in [0.05, 0.1) is 10.9 Å².